The average molecular weight is 131 g/mol. The maximum atomic E-state index is 2.33. The first-order valence-corrected chi connectivity index (χ1v) is 3.88. The highest BCUT2D eigenvalue weighted by Gasteiger charge is 2.14. The van der Waals surface area contributed by atoms with E-state index in [-0.39, 0.29) is 0 Å². The molecule has 1 aromatic rings. The summed E-state index contributed by atoms with van der Waals surface area (Å²) in [5, 5.41) is 0. The normalized spacial score (nSPS) is 15.6. The number of rotatable bonds is 0. The molecule has 2 rings (SSSR count). The van der Waals surface area contributed by atoms with Crippen molar-refractivity contribution in [1.82, 2.24) is 0 Å². The molecule has 0 nitrogen and oxygen atoms in total. The largest absolute Gasteiger partial charge is 0.132 e. The maximum Gasteiger partial charge on any atom is 0.132 e. The van der Waals surface area contributed by atoms with E-state index in [0.717, 1.165) is 0 Å². The lowest BCUT2D eigenvalue weighted by molar-refractivity contribution is 0.775. The summed E-state index contributed by atoms with van der Waals surface area (Å²) in [4.78, 5) is 0. The van der Waals surface area contributed by atoms with E-state index in [4.69, 9.17) is 0 Å². The molecule has 0 N–H and O–H groups in total. The van der Waals surface area contributed by atoms with Crippen molar-refractivity contribution in [3.05, 3.63) is 41.8 Å². The molecule has 10 heavy (non-hydrogen) atoms. The Kier molecular flexibility index (Phi) is 1.39. The molecule has 1 aliphatic rings. The van der Waals surface area contributed by atoms with Crippen LogP contribution in [0.5, 0.6) is 0 Å². The van der Waals surface area contributed by atoms with Crippen LogP contribution in [0.2, 0.25) is 0 Å². The quantitative estimate of drug-likeness (QED) is 0.475. The van der Waals surface area contributed by atoms with Crippen LogP contribution >= 0.6 is 0 Å². The van der Waals surface area contributed by atoms with Gasteiger partial charge < -0.3 is 0 Å². The van der Waals surface area contributed by atoms with E-state index in [1.165, 1.54) is 30.4 Å². The van der Waals surface area contributed by atoms with Gasteiger partial charge in [0.05, 0.1) is 5.56 Å². The SMILES string of the molecule is c1ccc2c(c1)[CH+]CCC2. The first-order valence-electron chi connectivity index (χ1n) is 3.88. The van der Waals surface area contributed by atoms with Gasteiger partial charge in [-0.3, -0.25) is 0 Å². The number of hydrogen-bond donors (Lipinski definition) is 0. The number of benzene rings is 1. The lowest BCUT2D eigenvalue weighted by Crippen LogP contribution is -1.98. The van der Waals surface area contributed by atoms with Gasteiger partial charge in [-0.1, -0.05) is 0 Å². The summed E-state index contributed by atoms with van der Waals surface area (Å²) in [5.41, 5.74) is 2.97. The Balaban J connectivity index is 2.41. The van der Waals surface area contributed by atoms with E-state index < -0.39 is 0 Å². The van der Waals surface area contributed by atoms with Gasteiger partial charge in [-0.15, -0.1) is 0 Å². The number of hydrogen-bond acceptors (Lipinski definition) is 0. The topological polar surface area (TPSA) is 0 Å². The van der Waals surface area contributed by atoms with Gasteiger partial charge in [-0.2, -0.15) is 0 Å². The van der Waals surface area contributed by atoms with Crippen molar-refractivity contribution in [1.29, 1.82) is 0 Å². The van der Waals surface area contributed by atoms with Gasteiger partial charge in [0.15, 0.2) is 0 Å². The summed E-state index contributed by atoms with van der Waals surface area (Å²) < 4.78 is 0. The minimum absolute atomic E-state index is 1.26. The second-order valence-electron chi connectivity index (χ2n) is 2.80. The van der Waals surface area contributed by atoms with Crippen molar-refractivity contribution < 1.29 is 0 Å². The van der Waals surface area contributed by atoms with Gasteiger partial charge >= 0.3 is 0 Å². The molecule has 0 saturated carbocycles. The Morgan fingerprint density at radius 3 is 3.00 bits per heavy atom. The summed E-state index contributed by atoms with van der Waals surface area (Å²) in [7, 11) is 0. The predicted octanol–water partition coefficient (Wildman–Crippen LogP) is 2.58. The van der Waals surface area contributed by atoms with Gasteiger partial charge in [0.25, 0.3) is 0 Å². The van der Waals surface area contributed by atoms with Crippen molar-refractivity contribution in [2.24, 2.45) is 0 Å². The van der Waals surface area contributed by atoms with Crippen LogP contribution < -0.4 is 0 Å². The minimum Gasteiger partial charge on any atom is -0.0354 e. The van der Waals surface area contributed by atoms with Crippen molar-refractivity contribution >= 4 is 0 Å². The molecule has 0 saturated heterocycles. The lowest BCUT2D eigenvalue weighted by atomic mass is 9.92. The highest BCUT2D eigenvalue weighted by atomic mass is 14.1. The zero-order valence-electron chi connectivity index (χ0n) is 6.01. The molecule has 0 radical (unpaired) electrons. The van der Waals surface area contributed by atoms with Crippen LogP contribution in [0.1, 0.15) is 24.0 Å². The molecule has 0 fully saturated rings. The Morgan fingerprint density at radius 1 is 1.20 bits per heavy atom. The fourth-order valence-electron chi connectivity index (χ4n) is 1.51. The molecule has 0 aromatic heterocycles. The van der Waals surface area contributed by atoms with Crippen LogP contribution in [0.25, 0.3) is 0 Å². The monoisotopic (exact) mass is 131 g/mol. The molecular weight excluding hydrogens is 120 g/mol. The zero-order chi connectivity index (χ0) is 6.81. The fraction of sp³-hybridized carbons (Fsp3) is 0.300. The van der Waals surface area contributed by atoms with E-state index in [1.54, 1.807) is 0 Å². The van der Waals surface area contributed by atoms with E-state index >= 15 is 0 Å². The molecule has 0 amide bonds. The van der Waals surface area contributed by atoms with Crippen LogP contribution in [-0.4, -0.2) is 0 Å². The summed E-state index contributed by atoms with van der Waals surface area (Å²) >= 11 is 0. The minimum atomic E-state index is 1.26. The van der Waals surface area contributed by atoms with Crippen molar-refractivity contribution in [3.63, 3.8) is 0 Å². The zero-order valence-corrected chi connectivity index (χ0v) is 6.01. The third-order valence-electron chi connectivity index (χ3n) is 2.07. The molecule has 50 valence electrons. The second-order valence-corrected chi connectivity index (χ2v) is 2.80. The molecule has 1 aliphatic carbocycles. The molecule has 0 atom stereocenters. The smallest absolute Gasteiger partial charge is 0.0354 e. The number of fused-ring (bicyclic) bond motifs is 1. The Hall–Kier alpha value is -0.910. The summed E-state index contributed by atoms with van der Waals surface area (Å²) in [6.45, 7) is 0. The summed E-state index contributed by atoms with van der Waals surface area (Å²) in [6.07, 6.45) is 6.19. The Morgan fingerprint density at radius 2 is 2.10 bits per heavy atom. The fourth-order valence-corrected chi connectivity index (χ4v) is 1.51. The average Bonchev–Trinajstić information content (AvgIpc) is 2.05. The third-order valence-corrected chi connectivity index (χ3v) is 2.07. The van der Waals surface area contributed by atoms with E-state index in [1.807, 2.05) is 0 Å². The highest BCUT2D eigenvalue weighted by molar-refractivity contribution is 5.34. The Bertz CT molecular complexity index is 200. The van der Waals surface area contributed by atoms with E-state index in [0.29, 0.717) is 0 Å². The third kappa shape index (κ3) is 0.900. The molecule has 1 aromatic carbocycles. The van der Waals surface area contributed by atoms with Crippen molar-refractivity contribution in [2.45, 2.75) is 19.3 Å². The summed E-state index contributed by atoms with van der Waals surface area (Å²) in [5.74, 6) is 0. The lowest BCUT2D eigenvalue weighted by Gasteiger charge is -2.05. The molecule has 0 heteroatoms. The standard InChI is InChI=1S/C10H11/c1-2-6-10-8-4-3-7-9(10)5-1/h1-2,5-7H,3-4,8H2/q+1. The first-order chi connectivity index (χ1) is 4.97. The molecule has 0 spiro atoms. The van der Waals surface area contributed by atoms with E-state index in [9.17, 15) is 0 Å². The molecule has 0 unspecified atom stereocenters. The summed E-state index contributed by atoms with van der Waals surface area (Å²) in [6, 6.07) is 8.66. The van der Waals surface area contributed by atoms with Crippen molar-refractivity contribution in [3.8, 4) is 0 Å². The molecular formula is C10H11+. The van der Waals surface area contributed by atoms with Gasteiger partial charge in [0.1, 0.15) is 5.56 Å². The van der Waals surface area contributed by atoms with Gasteiger partial charge in [-0.05, 0) is 24.6 Å². The predicted molar refractivity (Wildman–Crippen MR) is 42.8 cm³/mol. The van der Waals surface area contributed by atoms with Crippen molar-refractivity contribution in [2.75, 3.05) is 0 Å². The van der Waals surface area contributed by atoms with Crippen LogP contribution in [0, 0.1) is 6.42 Å². The molecule has 0 bridgehead atoms. The highest BCUT2D eigenvalue weighted by Crippen LogP contribution is 2.21. The van der Waals surface area contributed by atoms with Crippen LogP contribution in [-0.2, 0) is 6.42 Å². The number of aryl methyl sites for hydroxylation is 1. The Labute approximate surface area is 61.9 Å². The second kappa shape index (κ2) is 2.37. The van der Waals surface area contributed by atoms with Gasteiger partial charge in [0, 0.05) is 25.3 Å². The van der Waals surface area contributed by atoms with Crippen LogP contribution in [0.15, 0.2) is 24.3 Å². The molecule has 0 aliphatic heterocycles. The molecule has 0 heterocycles. The maximum absolute atomic E-state index is 2.33. The van der Waals surface area contributed by atoms with Crippen LogP contribution in [0.4, 0.5) is 0 Å². The first kappa shape index (κ1) is 5.84. The van der Waals surface area contributed by atoms with Gasteiger partial charge in [-0.25, -0.2) is 0 Å². The van der Waals surface area contributed by atoms with Gasteiger partial charge in [0.2, 0.25) is 0 Å². The van der Waals surface area contributed by atoms with Crippen LogP contribution in [0.3, 0.4) is 0 Å². The van der Waals surface area contributed by atoms with E-state index in [2.05, 4.69) is 30.7 Å².